The van der Waals surface area contributed by atoms with E-state index < -0.39 is 5.97 Å². The maximum absolute atomic E-state index is 10.9. The molecule has 2 aromatic carbocycles. The van der Waals surface area contributed by atoms with Crippen LogP contribution in [-0.2, 0) is 0 Å². The maximum atomic E-state index is 10.9. The van der Waals surface area contributed by atoms with Gasteiger partial charge in [0.2, 0.25) is 5.88 Å². The van der Waals surface area contributed by atoms with Gasteiger partial charge < -0.3 is 9.84 Å². The fraction of sp³-hybridized carbons (Fsp3) is 0.0556. The molecule has 23 heavy (non-hydrogen) atoms. The first-order valence-corrected chi connectivity index (χ1v) is 7.04. The summed E-state index contributed by atoms with van der Waals surface area (Å²) < 4.78 is 5.71. The molecule has 0 aliphatic rings. The van der Waals surface area contributed by atoms with Crippen LogP contribution in [0.25, 0.3) is 11.3 Å². The summed E-state index contributed by atoms with van der Waals surface area (Å²) in [6, 6.07) is 17.7. The van der Waals surface area contributed by atoms with Gasteiger partial charge in [0.25, 0.3) is 0 Å². The third-order valence-electron chi connectivity index (χ3n) is 3.21. The summed E-state index contributed by atoms with van der Waals surface area (Å²) >= 11 is 0. The van der Waals surface area contributed by atoms with Gasteiger partial charge in [-0.1, -0.05) is 30.3 Å². The second-order valence-corrected chi connectivity index (χ2v) is 4.94. The van der Waals surface area contributed by atoms with Crippen molar-refractivity contribution in [2.75, 3.05) is 0 Å². The second kappa shape index (κ2) is 6.27. The molecule has 3 aromatic rings. The SMILES string of the molecule is Cc1nc(Oc2ccc(C(=O)O)cc2)cc(-c2ccccc2)n1. The zero-order valence-corrected chi connectivity index (χ0v) is 12.4. The summed E-state index contributed by atoms with van der Waals surface area (Å²) in [6.07, 6.45) is 0. The molecule has 5 heteroatoms. The van der Waals surface area contributed by atoms with Crippen LogP contribution in [0, 0.1) is 6.92 Å². The third kappa shape index (κ3) is 3.52. The van der Waals surface area contributed by atoms with Crippen LogP contribution < -0.4 is 4.74 Å². The molecular formula is C18H14N2O3. The van der Waals surface area contributed by atoms with Crippen molar-refractivity contribution in [3.05, 3.63) is 72.1 Å². The Balaban J connectivity index is 1.88. The molecule has 3 rings (SSSR count). The summed E-state index contributed by atoms with van der Waals surface area (Å²) in [4.78, 5) is 19.5. The molecule has 114 valence electrons. The summed E-state index contributed by atoms with van der Waals surface area (Å²) in [5.41, 5.74) is 1.96. The van der Waals surface area contributed by atoms with Gasteiger partial charge in [0.15, 0.2) is 0 Å². The lowest BCUT2D eigenvalue weighted by molar-refractivity contribution is 0.0697. The van der Waals surface area contributed by atoms with Gasteiger partial charge in [-0.3, -0.25) is 0 Å². The quantitative estimate of drug-likeness (QED) is 0.790. The molecular weight excluding hydrogens is 292 g/mol. The van der Waals surface area contributed by atoms with Crippen LogP contribution in [-0.4, -0.2) is 21.0 Å². The number of rotatable bonds is 4. The Hall–Kier alpha value is -3.21. The van der Waals surface area contributed by atoms with Crippen LogP contribution in [0.2, 0.25) is 0 Å². The van der Waals surface area contributed by atoms with Crippen molar-refractivity contribution < 1.29 is 14.6 Å². The van der Waals surface area contributed by atoms with E-state index in [4.69, 9.17) is 9.84 Å². The monoisotopic (exact) mass is 306 g/mol. The molecule has 0 unspecified atom stereocenters. The van der Waals surface area contributed by atoms with E-state index in [0.29, 0.717) is 17.5 Å². The Bertz CT molecular complexity index is 831. The Morgan fingerprint density at radius 2 is 1.70 bits per heavy atom. The maximum Gasteiger partial charge on any atom is 0.335 e. The van der Waals surface area contributed by atoms with Crippen molar-refractivity contribution in [3.63, 3.8) is 0 Å². The highest BCUT2D eigenvalue weighted by atomic mass is 16.5. The smallest absolute Gasteiger partial charge is 0.335 e. The number of hydrogen-bond donors (Lipinski definition) is 1. The third-order valence-corrected chi connectivity index (χ3v) is 3.21. The molecule has 0 aliphatic heterocycles. The van der Waals surface area contributed by atoms with E-state index in [1.165, 1.54) is 12.1 Å². The van der Waals surface area contributed by atoms with Crippen LogP contribution in [0.3, 0.4) is 0 Å². The minimum absolute atomic E-state index is 0.209. The standard InChI is InChI=1S/C18H14N2O3/c1-12-19-16(13-5-3-2-4-6-13)11-17(20-12)23-15-9-7-14(8-10-15)18(21)22/h2-11H,1H3,(H,21,22). The molecule has 0 atom stereocenters. The number of aryl methyl sites for hydroxylation is 1. The first-order valence-electron chi connectivity index (χ1n) is 7.04. The summed E-state index contributed by atoms with van der Waals surface area (Å²) in [5, 5.41) is 8.90. The van der Waals surface area contributed by atoms with Crippen molar-refractivity contribution in [1.29, 1.82) is 0 Å². The number of carboxylic acids is 1. The van der Waals surface area contributed by atoms with Gasteiger partial charge in [-0.15, -0.1) is 0 Å². The van der Waals surface area contributed by atoms with Crippen LogP contribution >= 0.6 is 0 Å². The van der Waals surface area contributed by atoms with Gasteiger partial charge >= 0.3 is 5.97 Å². The van der Waals surface area contributed by atoms with E-state index in [2.05, 4.69) is 9.97 Å². The van der Waals surface area contributed by atoms with Gasteiger partial charge in [-0.05, 0) is 31.2 Å². The topological polar surface area (TPSA) is 72.3 Å². The predicted octanol–water partition coefficient (Wildman–Crippen LogP) is 3.94. The molecule has 0 amide bonds. The minimum Gasteiger partial charge on any atom is -0.478 e. The lowest BCUT2D eigenvalue weighted by Gasteiger charge is -2.08. The average molecular weight is 306 g/mol. The highest BCUT2D eigenvalue weighted by Crippen LogP contribution is 2.24. The van der Waals surface area contributed by atoms with Gasteiger partial charge in [0.05, 0.1) is 11.3 Å². The highest BCUT2D eigenvalue weighted by Gasteiger charge is 2.07. The minimum atomic E-state index is -0.971. The fourth-order valence-electron chi connectivity index (χ4n) is 2.14. The number of carboxylic acid groups (broad SMARTS) is 1. The molecule has 0 saturated heterocycles. The molecule has 1 aromatic heterocycles. The first-order chi connectivity index (χ1) is 11.1. The van der Waals surface area contributed by atoms with Crippen molar-refractivity contribution in [2.24, 2.45) is 0 Å². The molecule has 0 aliphatic carbocycles. The molecule has 0 saturated carbocycles. The van der Waals surface area contributed by atoms with E-state index >= 15 is 0 Å². The molecule has 1 N–H and O–H groups in total. The van der Waals surface area contributed by atoms with Crippen LogP contribution in [0.1, 0.15) is 16.2 Å². The second-order valence-electron chi connectivity index (χ2n) is 4.94. The normalized spacial score (nSPS) is 10.3. The average Bonchev–Trinajstić information content (AvgIpc) is 2.55. The van der Waals surface area contributed by atoms with Crippen LogP contribution in [0.15, 0.2) is 60.7 Å². The van der Waals surface area contributed by atoms with Crippen molar-refractivity contribution in [1.82, 2.24) is 9.97 Å². The van der Waals surface area contributed by atoms with Crippen molar-refractivity contribution in [2.45, 2.75) is 6.92 Å². The van der Waals surface area contributed by atoms with Crippen molar-refractivity contribution >= 4 is 5.97 Å². The Morgan fingerprint density at radius 1 is 1.00 bits per heavy atom. The highest BCUT2D eigenvalue weighted by molar-refractivity contribution is 5.87. The lowest BCUT2D eigenvalue weighted by Crippen LogP contribution is -1.97. The molecule has 1 heterocycles. The number of benzene rings is 2. The van der Waals surface area contributed by atoms with Crippen LogP contribution in [0.4, 0.5) is 0 Å². The fourth-order valence-corrected chi connectivity index (χ4v) is 2.14. The predicted molar refractivity (Wildman–Crippen MR) is 85.7 cm³/mol. The number of aromatic carboxylic acids is 1. The Kier molecular flexibility index (Phi) is 4.01. The Morgan fingerprint density at radius 3 is 2.35 bits per heavy atom. The zero-order valence-electron chi connectivity index (χ0n) is 12.4. The number of nitrogens with zero attached hydrogens (tertiary/aromatic N) is 2. The molecule has 5 nitrogen and oxygen atoms in total. The van der Waals surface area contributed by atoms with E-state index in [1.54, 1.807) is 25.1 Å². The van der Waals surface area contributed by atoms with E-state index in [-0.39, 0.29) is 5.56 Å². The summed E-state index contributed by atoms with van der Waals surface area (Å²) in [6.45, 7) is 1.80. The van der Waals surface area contributed by atoms with Gasteiger partial charge in [0.1, 0.15) is 11.6 Å². The van der Waals surface area contributed by atoms with Gasteiger partial charge in [-0.25, -0.2) is 9.78 Å². The van der Waals surface area contributed by atoms with E-state index in [1.807, 2.05) is 30.3 Å². The molecule has 0 fully saturated rings. The lowest BCUT2D eigenvalue weighted by atomic mass is 10.1. The zero-order chi connectivity index (χ0) is 16.2. The van der Waals surface area contributed by atoms with Crippen LogP contribution in [0.5, 0.6) is 11.6 Å². The van der Waals surface area contributed by atoms with Gasteiger partial charge in [-0.2, -0.15) is 4.98 Å². The van der Waals surface area contributed by atoms with E-state index in [0.717, 1.165) is 11.3 Å². The molecule has 0 bridgehead atoms. The Labute approximate surface area is 133 Å². The van der Waals surface area contributed by atoms with E-state index in [9.17, 15) is 4.79 Å². The summed E-state index contributed by atoms with van der Waals surface area (Å²) in [7, 11) is 0. The number of hydrogen-bond acceptors (Lipinski definition) is 4. The first kappa shape index (κ1) is 14.7. The number of carbonyl (C=O) groups is 1. The number of ether oxygens (including phenoxy) is 1. The van der Waals surface area contributed by atoms with Gasteiger partial charge in [0, 0.05) is 11.6 Å². The molecule has 0 spiro atoms. The largest absolute Gasteiger partial charge is 0.478 e. The molecule has 0 radical (unpaired) electrons. The number of aromatic nitrogens is 2. The summed E-state index contributed by atoms with van der Waals surface area (Å²) in [5.74, 6) is 0.566. The van der Waals surface area contributed by atoms with Crippen molar-refractivity contribution in [3.8, 4) is 22.9 Å².